The fourth-order valence-corrected chi connectivity index (χ4v) is 5.83. The number of carboxylic acid groups (broad SMARTS) is 1. The lowest BCUT2D eigenvalue weighted by atomic mass is 10.2. The molecule has 7 N–H and O–H groups in total. The third kappa shape index (κ3) is 29.6. The summed E-state index contributed by atoms with van der Waals surface area (Å²) in [7, 11) is 0. The average molecular weight is 1040 g/mol. The Morgan fingerprint density at radius 2 is 1.03 bits per heavy atom. The summed E-state index contributed by atoms with van der Waals surface area (Å²) in [5.74, 6) is -4.60. The van der Waals surface area contributed by atoms with Gasteiger partial charge in [-0.05, 0) is 33.6 Å². The molecule has 0 aliphatic rings. The number of aromatic nitrogens is 2. The van der Waals surface area contributed by atoms with Crippen molar-refractivity contribution in [2.45, 2.75) is 58.6 Å². The predicted octanol–water partition coefficient (Wildman–Crippen LogP) is -1.13. The maximum Gasteiger partial charge on any atom is 0.410 e. The zero-order chi connectivity index (χ0) is 54.8. The number of unbranched alkanes of at least 4 members (excludes halogenated alkanes) is 2. The molecule has 0 aliphatic heterocycles. The van der Waals surface area contributed by atoms with Crippen LogP contribution in [0.5, 0.6) is 0 Å². The maximum absolute atomic E-state index is 13.4. The van der Waals surface area contributed by atoms with Crippen LogP contribution in [0.15, 0.2) is 59.8 Å². The molecule has 0 aliphatic carbocycles. The van der Waals surface area contributed by atoms with Gasteiger partial charge in [-0.1, -0.05) is 44.4 Å². The van der Waals surface area contributed by atoms with Crippen LogP contribution in [0.1, 0.15) is 46.5 Å². The van der Waals surface area contributed by atoms with Gasteiger partial charge in [-0.3, -0.25) is 57.8 Å². The van der Waals surface area contributed by atoms with Crippen molar-refractivity contribution in [3.63, 3.8) is 0 Å². The number of carbonyl (C=O) groups is 10. The van der Waals surface area contributed by atoms with Gasteiger partial charge in [0.25, 0.3) is 5.56 Å². The number of nitrogens with one attached hydrogen (secondary N) is 6. The van der Waals surface area contributed by atoms with E-state index in [1.165, 1.54) is 18.2 Å². The highest BCUT2D eigenvalue weighted by Crippen LogP contribution is 2.07. The van der Waals surface area contributed by atoms with Crippen molar-refractivity contribution < 1.29 is 72.0 Å². The van der Waals surface area contributed by atoms with E-state index in [-0.39, 0.29) is 84.5 Å². The zero-order valence-electron chi connectivity index (χ0n) is 41.6. The molecular formula is C45H69N11O17. The number of amides is 9. The van der Waals surface area contributed by atoms with Crippen LogP contribution in [0.4, 0.5) is 19.2 Å². The molecule has 73 heavy (non-hydrogen) atoms. The maximum atomic E-state index is 13.4. The minimum absolute atomic E-state index is 0.0804. The van der Waals surface area contributed by atoms with Crippen LogP contribution in [0.25, 0.3) is 0 Å². The van der Waals surface area contributed by atoms with Crippen LogP contribution in [0, 0.1) is 0 Å². The number of alkyl carbamates (subject to hydrolysis) is 1. The summed E-state index contributed by atoms with van der Waals surface area (Å²) in [6.07, 6.45) is 3.36. The van der Waals surface area contributed by atoms with Crippen LogP contribution in [-0.2, 0) is 54.3 Å². The van der Waals surface area contributed by atoms with Gasteiger partial charge in [0, 0.05) is 77.6 Å². The highest BCUT2D eigenvalue weighted by molar-refractivity contribution is 5.85. The number of H-pyrrole nitrogens is 1. The minimum Gasteiger partial charge on any atom is -0.480 e. The first kappa shape index (κ1) is 62.8. The van der Waals surface area contributed by atoms with E-state index in [1.807, 2.05) is 4.98 Å². The first-order valence-electron chi connectivity index (χ1n) is 23.0. The Morgan fingerprint density at radius 1 is 0.603 bits per heavy atom. The van der Waals surface area contributed by atoms with Crippen molar-refractivity contribution in [3.8, 4) is 0 Å². The molecule has 406 valence electrons. The molecule has 9 amide bonds. The first-order chi connectivity index (χ1) is 34.6. The van der Waals surface area contributed by atoms with E-state index in [2.05, 4.69) is 46.3 Å². The number of aliphatic carboxylic acids is 1. The van der Waals surface area contributed by atoms with Crippen molar-refractivity contribution in [1.29, 1.82) is 0 Å². The van der Waals surface area contributed by atoms with Crippen LogP contribution in [0.3, 0.4) is 0 Å². The van der Waals surface area contributed by atoms with Gasteiger partial charge in [0.1, 0.15) is 51.6 Å². The molecule has 0 bridgehead atoms. The van der Waals surface area contributed by atoms with E-state index in [0.717, 1.165) is 36.4 Å². The molecular weight excluding hydrogens is 967 g/mol. The summed E-state index contributed by atoms with van der Waals surface area (Å²) >= 11 is 0. The Bertz CT molecular complexity index is 2170. The fraction of sp³-hybridized carbons (Fsp3) is 0.556. The first-order valence-corrected chi connectivity index (χ1v) is 23.0. The molecule has 0 atom stereocenters. The van der Waals surface area contributed by atoms with Crippen molar-refractivity contribution in [2.75, 3.05) is 105 Å². The number of hydrogen-bond donors (Lipinski definition) is 7. The molecule has 28 heteroatoms. The lowest BCUT2D eigenvalue weighted by molar-refractivity contribution is -0.138. The van der Waals surface area contributed by atoms with Gasteiger partial charge in [0.2, 0.25) is 29.5 Å². The summed E-state index contributed by atoms with van der Waals surface area (Å²) < 4.78 is 21.1. The lowest BCUT2D eigenvalue weighted by Gasteiger charge is -2.24. The molecule has 0 spiro atoms. The normalized spacial score (nSPS) is 10.5. The van der Waals surface area contributed by atoms with Crippen LogP contribution < -0.4 is 37.8 Å². The van der Waals surface area contributed by atoms with Crippen molar-refractivity contribution in [1.82, 2.24) is 55.7 Å². The standard InChI is InChI=1S/C45H69N11O17/c1-7-25-70-42(67)54(29-36(60)48-18-23-55(43(68)71-26-8-2)30-37(61)49-19-24-56(32-39(63)64)44(69)72-27-9-3)22-17-47-35(59)28-52(38(62)31-53-20-14-34(58)51-40(53)65)21-16-46-33(57)13-11-10-12-15-50-41(66)73-45(4,5)6/h7-9,14,20H,1-3,10-13,15-19,21-32H2,4-6H3,(H,46,57)(H,47,59)(H,48,60)(H,49,61)(H,50,66)(H,63,64)(H,51,58,65). The van der Waals surface area contributed by atoms with Gasteiger partial charge < -0.3 is 55.5 Å². The molecule has 1 heterocycles. The number of rotatable bonds is 34. The Morgan fingerprint density at radius 3 is 1.45 bits per heavy atom. The molecule has 0 saturated carbocycles. The van der Waals surface area contributed by atoms with Gasteiger partial charge in [0.05, 0.1) is 6.54 Å². The summed E-state index contributed by atoms with van der Waals surface area (Å²) in [4.78, 5) is 156. The third-order valence-corrected chi connectivity index (χ3v) is 9.20. The molecule has 28 nitrogen and oxygen atoms in total. The van der Waals surface area contributed by atoms with Crippen molar-refractivity contribution in [3.05, 3.63) is 71.1 Å². The second-order valence-electron chi connectivity index (χ2n) is 16.4. The van der Waals surface area contributed by atoms with Gasteiger partial charge in [-0.2, -0.15) is 0 Å². The monoisotopic (exact) mass is 1040 g/mol. The number of hydrogen-bond acceptors (Lipinski definition) is 16. The number of ether oxygens (including phenoxy) is 4. The fourth-order valence-electron chi connectivity index (χ4n) is 5.83. The van der Waals surface area contributed by atoms with E-state index in [1.54, 1.807) is 20.8 Å². The van der Waals surface area contributed by atoms with Crippen molar-refractivity contribution in [2.24, 2.45) is 0 Å². The highest BCUT2D eigenvalue weighted by atomic mass is 16.6. The quantitative estimate of drug-likeness (QED) is 0.0244. The summed E-state index contributed by atoms with van der Waals surface area (Å²) in [5, 5.41) is 22.0. The molecule has 0 saturated heterocycles. The van der Waals surface area contributed by atoms with E-state index in [4.69, 9.17) is 24.1 Å². The topological polar surface area (TPSA) is 356 Å². The number of carboxylic acids is 1. The predicted molar refractivity (Wildman–Crippen MR) is 260 cm³/mol. The van der Waals surface area contributed by atoms with Crippen LogP contribution >= 0.6 is 0 Å². The van der Waals surface area contributed by atoms with E-state index in [0.29, 0.717) is 25.8 Å². The smallest absolute Gasteiger partial charge is 0.410 e. The molecule has 0 fully saturated rings. The van der Waals surface area contributed by atoms with E-state index in [9.17, 15) is 57.5 Å². The number of carbonyl (C=O) groups excluding carboxylic acids is 9. The largest absolute Gasteiger partial charge is 0.480 e. The van der Waals surface area contributed by atoms with E-state index < -0.39 is 104 Å². The zero-order valence-corrected chi connectivity index (χ0v) is 41.6. The van der Waals surface area contributed by atoms with E-state index >= 15 is 0 Å². The van der Waals surface area contributed by atoms with Gasteiger partial charge >= 0.3 is 36.0 Å². The third-order valence-electron chi connectivity index (χ3n) is 9.20. The van der Waals surface area contributed by atoms with Gasteiger partial charge in [-0.15, -0.1) is 0 Å². The summed E-state index contributed by atoms with van der Waals surface area (Å²) in [6.45, 7) is 10.4. The second kappa shape index (κ2) is 35.0. The van der Waals surface area contributed by atoms with Crippen molar-refractivity contribution >= 4 is 59.9 Å². The lowest BCUT2D eigenvalue weighted by Crippen LogP contribution is -2.49. The molecule has 1 aromatic heterocycles. The molecule has 0 unspecified atom stereocenters. The summed E-state index contributed by atoms with van der Waals surface area (Å²) in [6, 6.07) is 1.03. The number of aromatic amines is 1. The SMILES string of the molecule is C=CCOC(=O)N(CCNC(=O)CN(CCNC(=O)CN(CCNC(=O)CN(CCNC(=O)CCCCCNC(=O)OC(C)(C)C)C(=O)Cn1ccc(=O)[nH]c1=O)C(=O)OCC=C)C(=O)OCC=C)CC(=O)O. The molecule has 1 aromatic rings. The molecule has 1 rings (SSSR count). The second-order valence-corrected chi connectivity index (χ2v) is 16.4. The Balaban J connectivity index is 2.90. The Hall–Kier alpha value is -8.20. The van der Waals surface area contributed by atoms with Gasteiger partial charge in [0.15, 0.2) is 0 Å². The average Bonchev–Trinajstić information content (AvgIpc) is 3.31. The Labute approximate surface area is 421 Å². The van der Waals surface area contributed by atoms with Gasteiger partial charge in [-0.25, -0.2) is 24.0 Å². The summed E-state index contributed by atoms with van der Waals surface area (Å²) in [5.41, 5.74) is -2.20. The molecule has 0 radical (unpaired) electrons. The molecule has 0 aromatic carbocycles. The Kier molecular flexibility index (Phi) is 30.1. The van der Waals surface area contributed by atoms with Crippen LogP contribution in [-0.4, -0.2) is 205 Å². The highest BCUT2D eigenvalue weighted by Gasteiger charge is 2.24. The minimum atomic E-state index is -1.33. The number of nitrogens with zero attached hydrogens (tertiary/aromatic N) is 5. The van der Waals surface area contributed by atoms with Crippen LogP contribution in [0.2, 0.25) is 0 Å².